The van der Waals surface area contributed by atoms with E-state index in [1.807, 2.05) is 17.9 Å². The van der Waals surface area contributed by atoms with Crippen LogP contribution in [0.3, 0.4) is 0 Å². The van der Waals surface area contributed by atoms with Crippen LogP contribution in [-0.2, 0) is 13.5 Å². The summed E-state index contributed by atoms with van der Waals surface area (Å²) >= 11 is 0. The van der Waals surface area contributed by atoms with Gasteiger partial charge in [0.2, 0.25) is 0 Å². The number of rotatable bonds is 4. The molecule has 1 aliphatic rings. The molecule has 1 saturated heterocycles. The van der Waals surface area contributed by atoms with Crippen molar-refractivity contribution in [3.63, 3.8) is 0 Å². The molecule has 3 aromatic heterocycles. The van der Waals surface area contributed by atoms with Crippen molar-refractivity contribution in [2.24, 2.45) is 13.0 Å². The maximum absolute atomic E-state index is 4.82. The number of fused-ring (bicyclic) bond motifs is 1. The third-order valence-corrected chi connectivity index (χ3v) is 5.70. The Bertz CT molecular complexity index is 925. The number of piperidine rings is 1. The van der Waals surface area contributed by atoms with Gasteiger partial charge in [0, 0.05) is 42.6 Å². The predicted molar refractivity (Wildman–Crippen MR) is 109 cm³/mol. The second-order valence-electron chi connectivity index (χ2n) is 8.09. The van der Waals surface area contributed by atoms with Gasteiger partial charge in [-0.1, -0.05) is 0 Å². The highest BCUT2D eigenvalue weighted by molar-refractivity contribution is 5.73. The number of aryl methyl sites for hydroxylation is 3. The molecule has 0 N–H and O–H groups in total. The van der Waals surface area contributed by atoms with Gasteiger partial charge in [-0.15, -0.1) is 0 Å². The topological polar surface area (TPSA) is 46.8 Å². The Morgan fingerprint density at radius 3 is 2.70 bits per heavy atom. The van der Waals surface area contributed by atoms with Gasteiger partial charge >= 0.3 is 0 Å². The van der Waals surface area contributed by atoms with Crippen molar-refractivity contribution in [1.82, 2.24) is 24.6 Å². The normalized spacial score (nSPS) is 19.5. The Balaban J connectivity index is 1.47. The molecule has 0 spiro atoms. The molecule has 0 unspecified atom stereocenters. The Morgan fingerprint density at radius 1 is 1.15 bits per heavy atom. The van der Waals surface area contributed by atoms with Gasteiger partial charge in [0.05, 0.1) is 5.69 Å². The minimum Gasteiger partial charge on any atom is -0.295 e. The first-order valence-electron chi connectivity index (χ1n) is 9.96. The van der Waals surface area contributed by atoms with Crippen LogP contribution in [0.5, 0.6) is 0 Å². The molecule has 0 radical (unpaired) electrons. The van der Waals surface area contributed by atoms with E-state index in [1.54, 1.807) is 0 Å². The fourth-order valence-electron chi connectivity index (χ4n) is 4.44. The molecule has 0 amide bonds. The summed E-state index contributed by atoms with van der Waals surface area (Å²) in [6.07, 6.45) is 5.72. The highest BCUT2D eigenvalue weighted by Gasteiger charge is 2.25. The van der Waals surface area contributed by atoms with E-state index in [2.05, 4.69) is 60.0 Å². The molecular weight excluding hydrogens is 334 g/mol. The largest absolute Gasteiger partial charge is 0.295 e. The van der Waals surface area contributed by atoms with Crippen molar-refractivity contribution in [2.45, 2.75) is 46.1 Å². The third kappa shape index (κ3) is 4.03. The molecule has 3 aromatic rings. The summed E-state index contributed by atoms with van der Waals surface area (Å²) in [6.45, 7) is 8.73. The number of likely N-dealkylation sites (tertiary alicyclic amines) is 1. The molecule has 0 aliphatic carbocycles. The Hall–Kier alpha value is -2.27. The van der Waals surface area contributed by atoms with Gasteiger partial charge in [-0.3, -0.25) is 14.6 Å². The third-order valence-electron chi connectivity index (χ3n) is 5.70. The van der Waals surface area contributed by atoms with Crippen LogP contribution in [0.4, 0.5) is 0 Å². The van der Waals surface area contributed by atoms with E-state index in [0.717, 1.165) is 47.6 Å². The molecule has 4 heterocycles. The van der Waals surface area contributed by atoms with Crippen molar-refractivity contribution in [2.75, 3.05) is 13.1 Å². The minimum absolute atomic E-state index is 0.320. The van der Waals surface area contributed by atoms with E-state index in [4.69, 9.17) is 4.98 Å². The first-order chi connectivity index (χ1) is 13.0. The number of aromatic nitrogens is 4. The van der Waals surface area contributed by atoms with Gasteiger partial charge in [-0.25, -0.2) is 4.98 Å². The van der Waals surface area contributed by atoms with Crippen LogP contribution in [0.1, 0.15) is 48.5 Å². The lowest BCUT2D eigenvalue weighted by Gasteiger charge is -2.36. The van der Waals surface area contributed by atoms with Crippen molar-refractivity contribution >= 4 is 11.0 Å². The second-order valence-corrected chi connectivity index (χ2v) is 8.09. The summed E-state index contributed by atoms with van der Waals surface area (Å²) in [7, 11) is 1.95. The number of hydrogen-bond donors (Lipinski definition) is 0. The van der Waals surface area contributed by atoms with Crippen molar-refractivity contribution in [3.05, 3.63) is 53.1 Å². The molecule has 2 atom stereocenters. The molecule has 5 nitrogen and oxygen atoms in total. The molecule has 0 bridgehead atoms. The maximum Gasteiger partial charge on any atom is 0.181 e. The average molecular weight is 364 g/mol. The fourth-order valence-corrected chi connectivity index (χ4v) is 4.44. The van der Waals surface area contributed by atoms with Gasteiger partial charge in [-0.05, 0) is 82.3 Å². The average Bonchev–Trinajstić information content (AvgIpc) is 2.99. The quantitative estimate of drug-likeness (QED) is 0.703. The Labute approximate surface area is 161 Å². The van der Waals surface area contributed by atoms with E-state index in [9.17, 15) is 0 Å². The SMILES string of the molecule is Cc1cc(C[C@H]2CCCN([C@H](C)c3ccc4cn(C)nc4n3)C2)cc(C)n1. The van der Waals surface area contributed by atoms with Gasteiger partial charge in [0.1, 0.15) is 0 Å². The molecule has 27 heavy (non-hydrogen) atoms. The molecule has 0 saturated carbocycles. The van der Waals surface area contributed by atoms with Gasteiger partial charge < -0.3 is 0 Å². The smallest absolute Gasteiger partial charge is 0.181 e. The zero-order valence-corrected chi connectivity index (χ0v) is 16.8. The van der Waals surface area contributed by atoms with Crippen LogP contribution < -0.4 is 0 Å². The lowest BCUT2D eigenvalue weighted by molar-refractivity contribution is 0.129. The van der Waals surface area contributed by atoms with Crippen LogP contribution in [0.25, 0.3) is 11.0 Å². The second kappa shape index (κ2) is 7.39. The van der Waals surface area contributed by atoms with Crippen molar-refractivity contribution in [3.8, 4) is 0 Å². The summed E-state index contributed by atoms with van der Waals surface area (Å²) in [6, 6.07) is 9.11. The first kappa shape index (κ1) is 18.1. The molecule has 142 valence electrons. The zero-order valence-electron chi connectivity index (χ0n) is 16.8. The monoisotopic (exact) mass is 363 g/mol. The molecular formula is C22H29N5. The van der Waals surface area contributed by atoms with Gasteiger partial charge in [0.25, 0.3) is 0 Å². The predicted octanol–water partition coefficient (Wildman–Crippen LogP) is 4.00. The molecule has 1 aliphatic heterocycles. The van der Waals surface area contributed by atoms with Gasteiger partial charge in [0.15, 0.2) is 5.65 Å². The highest BCUT2D eigenvalue weighted by Crippen LogP contribution is 2.28. The summed E-state index contributed by atoms with van der Waals surface area (Å²) < 4.78 is 1.84. The summed E-state index contributed by atoms with van der Waals surface area (Å²) in [5, 5.41) is 5.57. The summed E-state index contributed by atoms with van der Waals surface area (Å²) in [5.41, 5.74) is 5.64. The van der Waals surface area contributed by atoms with Crippen molar-refractivity contribution < 1.29 is 0 Å². The van der Waals surface area contributed by atoms with Crippen molar-refractivity contribution in [1.29, 1.82) is 0 Å². The van der Waals surface area contributed by atoms with Crippen LogP contribution >= 0.6 is 0 Å². The van der Waals surface area contributed by atoms with Gasteiger partial charge in [-0.2, -0.15) is 5.10 Å². The standard InChI is InChI=1S/C22H29N5/c1-15-10-19(11-16(2)23-15)12-18-6-5-9-27(13-18)17(3)21-8-7-20-14-26(4)25-22(20)24-21/h7-8,10-11,14,17-18H,5-6,9,12-13H2,1-4H3/t17-,18-/m1/s1. The van der Waals surface area contributed by atoms with E-state index < -0.39 is 0 Å². The van der Waals surface area contributed by atoms with Crippen LogP contribution in [0.2, 0.25) is 0 Å². The summed E-state index contributed by atoms with van der Waals surface area (Å²) in [5.74, 6) is 0.695. The molecule has 4 rings (SSSR count). The van der Waals surface area contributed by atoms with E-state index >= 15 is 0 Å². The van der Waals surface area contributed by atoms with Crippen LogP contribution in [-0.4, -0.2) is 37.7 Å². The number of nitrogens with zero attached hydrogens (tertiary/aromatic N) is 5. The Morgan fingerprint density at radius 2 is 1.93 bits per heavy atom. The number of hydrogen-bond acceptors (Lipinski definition) is 4. The van der Waals surface area contributed by atoms with Crippen LogP contribution in [0, 0.1) is 19.8 Å². The summed E-state index contributed by atoms with van der Waals surface area (Å²) in [4.78, 5) is 11.9. The highest BCUT2D eigenvalue weighted by atomic mass is 15.3. The fraction of sp³-hybridized carbons (Fsp3) is 0.500. The first-order valence-corrected chi connectivity index (χ1v) is 9.96. The lowest BCUT2D eigenvalue weighted by Crippen LogP contribution is -2.38. The van der Waals surface area contributed by atoms with Crippen LogP contribution in [0.15, 0.2) is 30.5 Å². The molecule has 5 heteroatoms. The Kier molecular flexibility index (Phi) is 4.96. The lowest BCUT2D eigenvalue weighted by atomic mass is 9.90. The molecule has 1 fully saturated rings. The van der Waals surface area contributed by atoms with E-state index in [1.165, 1.54) is 18.4 Å². The number of pyridine rings is 2. The molecule has 0 aromatic carbocycles. The zero-order chi connectivity index (χ0) is 19.0. The maximum atomic E-state index is 4.82. The van der Waals surface area contributed by atoms with E-state index in [-0.39, 0.29) is 0 Å². The van der Waals surface area contributed by atoms with E-state index in [0.29, 0.717) is 12.0 Å². The minimum atomic E-state index is 0.320.